The second kappa shape index (κ2) is 4.80. The highest BCUT2D eigenvalue weighted by molar-refractivity contribution is 7.09. The average Bonchev–Trinajstić information content (AvgIpc) is 2.88. The number of nitrogens with two attached hydrogens (primary N) is 1. The fraction of sp³-hybridized carbons (Fsp3) is 0.200. The van der Waals surface area contributed by atoms with Crippen molar-refractivity contribution in [2.24, 2.45) is 0 Å². The van der Waals surface area contributed by atoms with Crippen LogP contribution in [0, 0.1) is 0 Å². The van der Waals surface area contributed by atoms with Crippen molar-refractivity contribution in [2.75, 3.05) is 12.3 Å². The molecule has 0 aliphatic heterocycles. The second-order valence-corrected chi connectivity index (χ2v) is 4.20. The highest BCUT2D eigenvalue weighted by Gasteiger charge is 2.12. The van der Waals surface area contributed by atoms with Crippen molar-refractivity contribution in [3.8, 4) is 0 Å². The van der Waals surface area contributed by atoms with Crippen molar-refractivity contribution in [1.82, 2.24) is 10.2 Å². The molecule has 6 heteroatoms. The number of aromatic nitrogens is 2. The Hall–Kier alpha value is -1.82. The van der Waals surface area contributed by atoms with E-state index in [2.05, 4.69) is 10.2 Å². The van der Waals surface area contributed by atoms with E-state index in [0.717, 1.165) is 6.42 Å². The summed E-state index contributed by atoms with van der Waals surface area (Å²) in [5.74, 6) is -0.466. The number of esters is 1. The molecule has 0 aromatic carbocycles. The smallest absolute Gasteiger partial charge is 0.358 e. The van der Waals surface area contributed by atoms with Crippen LogP contribution in [0.15, 0.2) is 23.7 Å². The Morgan fingerprint density at radius 3 is 3.12 bits per heavy atom. The highest BCUT2D eigenvalue weighted by Crippen LogP contribution is 2.11. The van der Waals surface area contributed by atoms with Gasteiger partial charge in [0, 0.05) is 11.3 Å². The molecule has 0 fully saturated rings. The number of carbonyl (C=O) groups excluding carboxylic acids is 1. The van der Waals surface area contributed by atoms with Gasteiger partial charge in [-0.3, -0.25) is 5.10 Å². The van der Waals surface area contributed by atoms with Crippen molar-refractivity contribution < 1.29 is 9.53 Å². The van der Waals surface area contributed by atoms with Gasteiger partial charge in [0.15, 0.2) is 5.69 Å². The summed E-state index contributed by atoms with van der Waals surface area (Å²) < 4.78 is 5.06. The maximum atomic E-state index is 11.5. The van der Waals surface area contributed by atoms with Gasteiger partial charge in [-0.1, -0.05) is 6.07 Å². The molecule has 0 unspecified atom stereocenters. The minimum absolute atomic E-state index is 0.214. The van der Waals surface area contributed by atoms with Gasteiger partial charge in [0.25, 0.3) is 0 Å². The van der Waals surface area contributed by atoms with Crippen LogP contribution in [-0.2, 0) is 11.2 Å². The third kappa shape index (κ3) is 2.40. The molecule has 0 bridgehead atoms. The van der Waals surface area contributed by atoms with Crippen molar-refractivity contribution >= 4 is 23.0 Å². The first kappa shape index (κ1) is 10.7. The number of hydrogen-bond acceptors (Lipinski definition) is 5. The highest BCUT2D eigenvalue weighted by atomic mass is 32.1. The number of nitrogens with one attached hydrogen (secondary N) is 1. The predicted octanol–water partition coefficient (Wildman–Crippen LogP) is 1.45. The first-order chi connectivity index (χ1) is 7.77. The number of carbonyl (C=O) groups is 1. The minimum Gasteiger partial charge on any atom is -0.461 e. The van der Waals surface area contributed by atoms with E-state index < -0.39 is 5.97 Å². The number of anilines is 1. The monoisotopic (exact) mass is 237 g/mol. The molecule has 2 aromatic heterocycles. The van der Waals surface area contributed by atoms with Gasteiger partial charge in [-0.05, 0) is 11.4 Å². The lowest BCUT2D eigenvalue weighted by Gasteiger charge is -2.02. The van der Waals surface area contributed by atoms with Gasteiger partial charge in [-0.2, -0.15) is 5.10 Å². The molecule has 2 aromatic rings. The number of H-pyrrole nitrogens is 1. The van der Waals surface area contributed by atoms with E-state index in [0.29, 0.717) is 12.3 Å². The second-order valence-electron chi connectivity index (χ2n) is 3.17. The fourth-order valence-corrected chi connectivity index (χ4v) is 1.92. The zero-order valence-electron chi connectivity index (χ0n) is 8.47. The van der Waals surface area contributed by atoms with Crippen molar-refractivity contribution in [2.45, 2.75) is 6.42 Å². The molecule has 0 amide bonds. The van der Waals surface area contributed by atoms with Crippen LogP contribution in [0.25, 0.3) is 0 Å². The number of ether oxygens (including phenoxy) is 1. The van der Waals surface area contributed by atoms with E-state index in [4.69, 9.17) is 10.5 Å². The summed E-state index contributed by atoms with van der Waals surface area (Å²) >= 11 is 1.64. The van der Waals surface area contributed by atoms with Gasteiger partial charge in [-0.25, -0.2) is 4.79 Å². The number of nitrogen functional groups attached to an aromatic ring is 1. The molecular weight excluding hydrogens is 226 g/mol. The minimum atomic E-state index is -0.466. The Labute approximate surface area is 96.2 Å². The summed E-state index contributed by atoms with van der Waals surface area (Å²) in [6, 6.07) is 3.97. The summed E-state index contributed by atoms with van der Waals surface area (Å²) in [7, 11) is 0. The van der Waals surface area contributed by atoms with Gasteiger partial charge >= 0.3 is 5.97 Å². The van der Waals surface area contributed by atoms with Crippen LogP contribution in [0.4, 0.5) is 5.69 Å². The van der Waals surface area contributed by atoms with E-state index in [1.165, 1.54) is 11.1 Å². The first-order valence-corrected chi connectivity index (χ1v) is 5.63. The van der Waals surface area contributed by atoms with Crippen LogP contribution in [0.5, 0.6) is 0 Å². The predicted molar refractivity (Wildman–Crippen MR) is 61.3 cm³/mol. The first-order valence-electron chi connectivity index (χ1n) is 4.75. The summed E-state index contributed by atoms with van der Waals surface area (Å²) in [6.45, 7) is 0.345. The molecule has 0 saturated carbocycles. The standard InChI is InChI=1S/C10H11N3O2S/c11-8-6-12-13-9(8)10(14)15-4-3-7-2-1-5-16-7/h1-2,5-6H,3-4,11H2,(H,12,13). The van der Waals surface area contributed by atoms with E-state index in [1.807, 2.05) is 17.5 Å². The number of thiophene rings is 1. The van der Waals surface area contributed by atoms with Crippen LogP contribution < -0.4 is 5.73 Å². The molecule has 5 nitrogen and oxygen atoms in total. The van der Waals surface area contributed by atoms with Gasteiger partial charge < -0.3 is 10.5 Å². The zero-order valence-corrected chi connectivity index (χ0v) is 9.29. The fourth-order valence-electron chi connectivity index (χ4n) is 1.23. The molecule has 0 aliphatic carbocycles. The molecular formula is C10H11N3O2S. The molecule has 0 atom stereocenters. The van der Waals surface area contributed by atoms with Crippen LogP contribution in [-0.4, -0.2) is 22.8 Å². The lowest BCUT2D eigenvalue weighted by atomic mass is 10.3. The lowest BCUT2D eigenvalue weighted by Crippen LogP contribution is -2.10. The van der Waals surface area contributed by atoms with Crippen LogP contribution in [0.2, 0.25) is 0 Å². The third-order valence-electron chi connectivity index (χ3n) is 2.03. The van der Waals surface area contributed by atoms with Crippen LogP contribution >= 0.6 is 11.3 Å². The topological polar surface area (TPSA) is 81.0 Å². The molecule has 0 radical (unpaired) electrons. The largest absolute Gasteiger partial charge is 0.461 e. The van der Waals surface area contributed by atoms with Gasteiger partial charge in [0.1, 0.15) is 0 Å². The Morgan fingerprint density at radius 1 is 1.62 bits per heavy atom. The van der Waals surface area contributed by atoms with Crippen molar-refractivity contribution in [1.29, 1.82) is 0 Å². The Bertz CT molecular complexity index is 464. The quantitative estimate of drug-likeness (QED) is 0.789. The number of nitrogens with zero attached hydrogens (tertiary/aromatic N) is 1. The van der Waals surface area contributed by atoms with E-state index in [1.54, 1.807) is 11.3 Å². The molecule has 0 spiro atoms. The molecule has 0 saturated heterocycles. The molecule has 2 heterocycles. The summed E-state index contributed by atoms with van der Waals surface area (Å²) in [5, 5.41) is 8.14. The Morgan fingerprint density at radius 2 is 2.50 bits per heavy atom. The molecule has 3 N–H and O–H groups in total. The summed E-state index contributed by atoms with van der Waals surface area (Å²) in [5.41, 5.74) is 6.04. The van der Waals surface area contributed by atoms with E-state index >= 15 is 0 Å². The van der Waals surface area contributed by atoms with Gasteiger partial charge in [0.05, 0.1) is 18.5 Å². The maximum Gasteiger partial charge on any atom is 0.358 e. The van der Waals surface area contributed by atoms with Crippen LogP contribution in [0.3, 0.4) is 0 Å². The average molecular weight is 237 g/mol. The molecule has 16 heavy (non-hydrogen) atoms. The van der Waals surface area contributed by atoms with Crippen LogP contribution in [0.1, 0.15) is 15.4 Å². The molecule has 84 valence electrons. The number of aromatic amines is 1. The Balaban J connectivity index is 1.83. The SMILES string of the molecule is Nc1cn[nH]c1C(=O)OCCc1cccs1. The van der Waals surface area contributed by atoms with Gasteiger partial charge in [-0.15, -0.1) is 11.3 Å². The Kier molecular flexibility index (Phi) is 3.21. The third-order valence-corrected chi connectivity index (χ3v) is 2.97. The molecule has 2 rings (SSSR count). The normalized spacial score (nSPS) is 10.2. The summed E-state index contributed by atoms with van der Waals surface area (Å²) in [4.78, 5) is 12.7. The lowest BCUT2D eigenvalue weighted by molar-refractivity contribution is 0.0504. The summed E-state index contributed by atoms with van der Waals surface area (Å²) in [6.07, 6.45) is 2.10. The zero-order chi connectivity index (χ0) is 11.4. The number of rotatable bonds is 4. The van der Waals surface area contributed by atoms with E-state index in [-0.39, 0.29) is 5.69 Å². The van der Waals surface area contributed by atoms with Crippen molar-refractivity contribution in [3.05, 3.63) is 34.3 Å². The van der Waals surface area contributed by atoms with E-state index in [9.17, 15) is 4.79 Å². The maximum absolute atomic E-state index is 11.5. The molecule has 0 aliphatic rings. The van der Waals surface area contributed by atoms with Gasteiger partial charge in [0.2, 0.25) is 0 Å². The van der Waals surface area contributed by atoms with Crippen molar-refractivity contribution in [3.63, 3.8) is 0 Å². The number of hydrogen-bond donors (Lipinski definition) is 2.